The van der Waals surface area contributed by atoms with Gasteiger partial charge >= 0.3 is 181 Å². The molecule has 0 radical (unpaired) electrons. The zero-order chi connectivity index (χ0) is 20.6. The van der Waals surface area contributed by atoms with Gasteiger partial charge in [-0.05, 0) is 0 Å². The summed E-state index contributed by atoms with van der Waals surface area (Å²) in [6.45, 7) is 0. The van der Waals surface area contributed by atoms with Gasteiger partial charge < -0.3 is 0 Å². The van der Waals surface area contributed by atoms with Gasteiger partial charge in [0.15, 0.2) is 0 Å². The van der Waals surface area contributed by atoms with Gasteiger partial charge in [-0.3, -0.25) is 0 Å². The number of rotatable bonds is 9. The van der Waals surface area contributed by atoms with E-state index in [1.165, 1.54) is 15.9 Å². The SMILES string of the molecule is O=C(O)CCCC=CCP(Br)(c1ccccc1)(c1ccccc1)c1ccccc1. The fourth-order valence-corrected chi connectivity index (χ4v) is 10.8. The number of halogens is 1. The first-order chi connectivity index (χ1) is 14.1. The first-order valence-corrected chi connectivity index (χ1v) is 14.3. The van der Waals surface area contributed by atoms with E-state index in [9.17, 15) is 4.79 Å². The van der Waals surface area contributed by atoms with Crippen LogP contribution in [0.1, 0.15) is 19.3 Å². The Hall–Kier alpha value is -2.22. The molecule has 0 saturated carbocycles. The second-order valence-electron chi connectivity index (χ2n) is 7.13. The van der Waals surface area contributed by atoms with Crippen LogP contribution >= 0.6 is 20.8 Å². The van der Waals surface area contributed by atoms with Crippen LogP contribution in [0.4, 0.5) is 0 Å². The predicted molar refractivity (Wildman–Crippen MR) is 130 cm³/mol. The van der Waals surface area contributed by atoms with Crippen molar-refractivity contribution in [2.75, 3.05) is 6.16 Å². The number of carboxylic acids is 1. The van der Waals surface area contributed by atoms with Crippen molar-refractivity contribution in [3.8, 4) is 0 Å². The minimum absolute atomic E-state index is 0.207. The molecule has 150 valence electrons. The van der Waals surface area contributed by atoms with Crippen LogP contribution in [-0.2, 0) is 4.79 Å². The molecule has 0 spiro atoms. The van der Waals surface area contributed by atoms with E-state index in [0.29, 0.717) is 6.42 Å². The Morgan fingerprint density at radius 3 is 1.55 bits per heavy atom. The molecule has 0 heterocycles. The summed E-state index contributed by atoms with van der Waals surface area (Å²) in [6, 6.07) is 32.0. The van der Waals surface area contributed by atoms with Crippen LogP contribution in [0.3, 0.4) is 0 Å². The third-order valence-electron chi connectivity index (χ3n) is 5.26. The van der Waals surface area contributed by atoms with Gasteiger partial charge in [-0.1, -0.05) is 0 Å². The van der Waals surface area contributed by atoms with Crippen molar-refractivity contribution in [2.24, 2.45) is 0 Å². The number of benzene rings is 3. The van der Waals surface area contributed by atoms with Crippen molar-refractivity contribution in [1.82, 2.24) is 0 Å². The Balaban J connectivity index is 2.12. The van der Waals surface area contributed by atoms with E-state index in [-0.39, 0.29) is 6.42 Å². The van der Waals surface area contributed by atoms with Crippen molar-refractivity contribution in [2.45, 2.75) is 19.3 Å². The number of hydrogen-bond acceptors (Lipinski definition) is 1. The Kier molecular flexibility index (Phi) is 7.05. The van der Waals surface area contributed by atoms with Gasteiger partial charge in [0.1, 0.15) is 0 Å². The van der Waals surface area contributed by atoms with Gasteiger partial charge in [-0.15, -0.1) is 0 Å². The summed E-state index contributed by atoms with van der Waals surface area (Å²) in [7, 11) is 0. The maximum absolute atomic E-state index is 10.8. The van der Waals surface area contributed by atoms with Gasteiger partial charge in [-0.2, -0.15) is 0 Å². The fourth-order valence-electron chi connectivity index (χ4n) is 3.74. The van der Waals surface area contributed by atoms with Gasteiger partial charge in [0.25, 0.3) is 0 Å². The zero-order valence-corrected chi connectivity index (χ0v) is 18.8. The summed E-state index contributed by atoms with van der Waals surface area (Å²) in [5.74, 6) is -0.739. The second kappa shape index (κ2) is 9.52. The molecule has 0 aliphatic carbocycles. The fraction of sp³-hybridized carbons (Fsp3) is 0.160. The molecule has 3 aromatic rings. The van der Waals surface area contributed by atoms with Crippen LogP contribution in [0.5, 0.6) is 0 Å². The normalized spacial score (nSPS) is 13.1. The first kappa shape index (κ1) is 21.5. The second-order valence-corrected chi connectivity index (χ2v) is 16.1. The van der Waals surface area contributed by atoms with E-state index in [1.54, 1.807) is 0 Å². The standard InChI is InChI=1S/C25H26BrO2P/c26-29(22-14-6-3-7-15-22,23-16-8-4-9-17-23,24-18-10-5-11-19-24)21-13-2-1-12-20-25(27)28/h2-11,13-19H,1,12,20-21H2,(H,27,28). The Bertz CT molecular complexity index is 856. The Labute approximate surface area is 181 Å². The molecule has 3 aromatic carbocycles. The van der Waals surface area contributed by atoms with E-state index in [0.717, 1.165) is 12.6 Å². The molecule has 0 fully saturated rings. The molecule has 2 nitrogen and oxygen atoms in total. The molecule has 0 atom stereocenters. The summed E-state index contributed by atoms with van der Waals surface area (Å²) in [5, 5.41) is 9.80. The molecule has 0 amide bonds. The molecule has 1 N–H and O–H groups in total. The maximum atomic E-state index is 10.8. The quantitative estimate of drug-likeness (QED) is 0.250. The molecule has 29 heavy (non-hydrogen) atoms. The first-order valence-electron chi connectivity index (χ1n) is 9.82. The molecule has 3 rings (SSSR count). The topological polar surface area (TPSA) is 37.3 Å². The molecule has 0 saturated heterocycles. The average molecular weight is 469 g/mol. The number of allylic oxidation sites excluding steroid dienone is 2. The minimum atomic E-state index is -2.91. The number of carbonyl (C=O) groups is 1. The van der Waals surface area contributed by atoms with E-state index < -0.39 is 11.3 Å². The van der Waals surface area contributed by atoms with Crippen LogP contribution in [-0.4, -0.2) is 17.2 Å². The third-order valence-corrected chi connectivity index (χ3v) is 14.8. The molecule has 0 unspecified atom stereocenters. The van der Waals surface area contributed by atoms with Gasteiger partial charge in [0.2, 0.25) is 0 Å². The molecular weight excluding hydrogens is 443 g/mol. The van der Waals surface area contributed by atoms with E-state index >= 15 is 0 Å². The number of carboxylic acid groups (broad SMARTS) is 1. The third kappa shape index (κ3) is 4.52. The van der Waals surface area contributed by atoms with Crippen molar-refractivity contribution >= 4 is 42.7 Å². The average Bonchev–Trinajstić information content (AvgIpc) is 2.78. The number of aliphatic carboxylic acids is 1. The summed E-state index contributed by atoms with van der Waals surface area (Å²) in [5.41, 5.74) is 0. The van der Waals surface area contributed by atoms with Crippen LogP contribution in [0.15, 0.2) is 103 Å². The van der Waals surface area contributed by atoms with E-state index in [2.05, 4.69) is 119 Å². The summed E-state index contributed by atoms with van der Waals surface area (Å²) in [4.78, 5) is 10.8. The van der Waals surface area contributed by atoms with Gasteiger partial charge in [0.05, 0.1) is 0 Å². The van der Waals surface area contributed by atoms with E-state index in [4.69, 9.17) is 5.11 Å². The number of hydrogen-bond donors (Lipinski definition) is 1. The molecule has 4 heteroatoms. The summed E-state index contributed by atoms with van der Waals surface area (Å²) < 4.78 is 0. The monoisotopic (exact) mass is 468 g/mol. The summed E-state index contributed by atoms with van der Waals surface area (Å²) >= 11 is 4.40. The predicted octanol–water partition coefficient (Wildman–Crippen LogP) is 5.64. The van der Waals surface area contributed by atoms with Gasteiger partial charge in [0, 0.05) is 0 Å². The van der Waals surface area contributed by atoms with Crippen LogP contribution in [0.25, 0.3) is 0 Å². The molecule has 0 aliphatic heterocycles. The van der Waals surface area contributed by atoms with E-state index in [1.807, 2.05) is 0 Å². The van der Waals surface area contributed by atoms with Gasteiger partial charge in [-0.25, -0.2) is 0 Å². The Morgan fingerprint density at radius 1 is 0.759 bits per heavy atom. The molecule has 0 aromatic heterocycles. The zero-order valence-electron chi connectivity index (χ0n) is 16.3. The molecular formula is C25H26BrO2P. The van der Waals surface area contributed by atoms with Crippen molar-refractivity contribution < 1.29 is 9.90 Å². The summed E-state index contributed by atoms with van der Waals surface area (Å²) in [6.07, 6.45) is 6.81. The van der Waals surface area contributed by atoms with Crippen LogP contribution in [0.2, 0.25) is 0 Å². The Morgan fingerprint density at radius 2 is 1.17 bits per heavy atom. The van der Waals surface area contributed by atoms with Crippen molar-refractivity contribution in [3.05, 3.63) is 103 Å². The van der Waals surface area contributed by atoms with Crippen LogP contribution in [0, 0.1) is 0 Å². The van der Waals surface area contributed by atoms with Crippen molar-refractivity contribution in [1.29, 1.82) is 0 Å². The molecule has 0 bridgehead atoms. The van der Waals surface area contributed by atoms with Crippen LogP contribution < -0.4 is 15.9 Å². The molecule has 0 aliphatic rings. The number of unbranched alkanes of at least 4 members (excludes halogenated alkanes) is 1. The van der Waals surface area contributed by atoms with Crippen molar-refractivity contribution in [3.63, 3.8) is 0 Å².